The van der Waals surface area contributed by atoms with Crippen LogP contribution in [-0.2, 0) is 11.0 Å². The average Bonchev–Trinajstić information content (AvgIpc) is 3.19. The zero-order chi connectivity index (χ0) is 27.0. The van der Waals surface area contributed by atoms with Gasteiger partial charge < -0.3 is 5.32 Å². The molecule has 0 spiro atoms. The van der Waals surface area contributed by atoms with Crippen molar-refractivity contribution in [2.24, 2.45) is 39.9 Å². The van der Waals surface area contributed by atoms with Gasteiger partial charge >= 0.3 is 12.2 Å². The molecule has 1 aromatic carbocycles. The standard InChI is InChI=1S/C30H39F3N2O2/c1-27(2,3)23-16-29(5)22-11-13-28(4)12-7-10-21(28)20(22)17-35(25(29)15-24(23)36)26(37)34-19-9-6-8-18(14-19)30(31,32)33/h6,8-9,14-15,20-23H,7,10-13,16-17H2,1-5H3,(H,34,37)/t20-,21-,22-,23?,28-,29+/m0/s1. The van der Waals surface area contributed by atoms with Gasteiger partial charge in [0.25, 0.3) is 0 Å². The van der Waals surface area contributed by atoms with Crippen LogP contribution in [0, 0.1) is 39.9 Å². The Kier molecular flexibility index (Phi) is 6.12. The van der Waals surface area contributed by atoms with Gasteiger partial charge in [0.1, 0.15) is 0 Å². The Morgan fingerprint density at radius 2 is 1.81 bits per heavy atom. The number of carbonyl (C=O) groups excluding carboxylic acids is 2. The van der Waals surface area contributed by atoms with E-state index in [2.05, 4.69) is 39.9 Å². The third-order valence-electron chi connectivity index (χ3n) is 10.3. The van der Waals surface area contributed by atoms with Crippen LogP contribution in [0.15, 0.2) is 36.0 Å². The molecule has 0 aromatic heterocycles. The molecule has 7 heteroatoms. The van der Waals surface area contributed by atoms with Gasteiger partial charge in [0, 0.05) is 35.3 Å². The summed E-state index contributed by atoms with van der Waals surface area (Å²) in [6.07, 6.45) is 3.70. The second-order valence-corrected chi connectivity index (χ2v) is 13.6. The second kappa shape index (κ2) is 8.60. The van der Waals surface area contributed by atoms with E-state index in [1.807, 2.05) is 0 Å². The zero-order valence-corrected chi connectivity index (χ0v) is 22.5. The molecule has 2 saturated carbocycles. The molecule has 1 heterocycles. The first-order chi connectivity index (χ1) is 17.1. The number of hydrogen-bond acceptors (Lipinski definition) is 2. The Bertz CT molecular complexity index is 1140. The maximum atomic E-state index is 13.7. The maximum Gasteiger partial charge on any atom is 0.416 e. The molecule has 1 unspecified atom stereocenters. The van der Waals surface area contributed by atoms with Crippen molar-refractivity contribution in [1.29, 1.82) is 0 Å². The lowest BCUT2D eigenvalue weighted by Gasteiger charge is -2.60. The minimum absolute atomic E-state index is 0.0387. The topological polar surface area (TPSA) is 49.4 Å². The van der Waals surface area contributed by atoms with E-state index in [1.165, 1.54) is 31.4 Å². The minimum Gasteiger partial charge on any atom is -0.308 e. The molecular formula is C30H39F3N2O2. The second-order valence-electron chi connectivity index (χ2n) is 13.6. The molecule has 37 heavy (non-hydrogen) atoms. The number of fused-ring (bicyclic) bond motifs is 5. The Labute approximate surface area is 218 Å². The average molecular weight is 517 g/mol. The van der Waals surface area contributed by atoms with Crippen molar-refractivity contribution in [2.45, 2.75) is 79.3 Å². The first-order valence-corrected chi connectivity index (χ1v) is 13.7. The van der Waals surface area contributed by atoms with E-state index in [0.717, 1.165) is 30.7 Å². The molecule has 1 aliphatic heterocycles. The van der Waals surface area contributed by atoms with Crippen LogP contribution in [0.2, 0.25) is 0 Å². The van der Waals surface area contributed by atoms with Crippen molar-refractivity contribution >= 4 is 17.5 Å². The van der Waals surface area contributed by atoms with Crippen LogP contribution in [0.4, 0.5) is 23.7 Å². The van der Waals surface area contributed by atoms with Crippen molar-refractivity contribution in [3.63, 3.8) is 0 Å². The van der Waals surface area contributed by atoms with E-state index in [0.29, 0.717) is 30.7 Å². The first-order valence-electron chi connectivity index (χ1n) is 13.7. The van der Waals surface area contributed by atoms with E-state index in [9.17, 15) is 22.8 Å². The fraction of sp³-hybridized carbons (Fsp3) is 0.667. The van der Waals surface area contributed by atoms with Gasteiger partial charge in [0.2, 0.25) is 0 Å². The number of urea groups is 1. The Balaban J connectivity index is 1.53. The number of rotatable bonds is 1. The number of alkyl halides is 3. The molecule has 202 valence electrons. The molecule has 1 saturated heterocycles. The van der Waals surface area contributed by atoms with Crippen LogP contribution >= 0.6 is 0 Å². The summed E-state index contributed by atoms with van der Waals surface area (Å²) in [5.41, 5.74) is -0.224. The predicted molar refractivity (Wildman–Crippen MR) is 138 cm³/mol. The summed E-state index contributed by atoms with van der Waals surface area (Å²) in [4.78, 5) is 28.8. The number of hydrogen-bond donors (Lipinski definition) is 1. The van der Waals surface area contributed by atoms with Gasteiger partial charge in [0.15, 0.2) is 5.78 Å². The fourth-order valence-electron chi connectivity index (χ4n) is 8.28. The Hall–Kier alpha value is -2.31. The van der Waals surface area contributed by atoms with Crippen LogP contribution < -0.4 is 5.32 Å². The van der Waals surface area contributed by atoms with E-state index in [1.54, 1.807) is 11.0 Å². The summed E-state index contributed by atoms with van der Waals surface area (Å²) < 4.78 is 39.9. The number of benzene rings is 1. The van der Waals surface area contributed by atoms with Gasteiger partial charge in [-0.25, -0.2) is 4.79 Å². The number of halogens is 3. The summed E-state index contributed by atoms with van der Waals surface area (Å²) in [7, 11) is 0. The van der Waals surface area contributed by atoms with Crippen molar-refractivity contribution in [2.75, 3.05) is 11.9 Å². The lowest BCUT2D eigenvalue weighted by atomic mass is 9.48. The number of amides is 2. The molecule has 3 aliphatic carbocycles. The van der Waals surface area contributed by atoms with Crippen LogP contribution in [-0.4, -0.2) is 23.3 Å². The van der Waals surface area contributed by atoms with Gasteiger partial charge in [-0.2, -0.15) is 13.2 Å². The Morgan fingerprint density at radius 1 is 1.08 bits per heavy atom. The summed E-state index contributed by atoms with van der Waals surface area (Å²) in [6, 6.07) is 4.29. The number of allylic oxidation sites excluding steroid dienone is 2. The van der Waals surface area contributed by atoms with Crippen LogP contribution in [0.5, 0.6) is 0 Å². The highest BCUT2D eigenvalue weighted by atomic mass is 19.4. The molecule has 1 N–H and O–H groups in total. The molecular weight excluding hydrogens is 477 g/mol. The first kappa shape index (κ1) is 26.3. The summed E-state index contributed by atoms with van der Waals surface area (Å²) >= 11 is 0. The minimum atomic E-state index is -4.49. The number of ketones is 1. The molecule has 1 aromatic rings. The SMILES string of the molecule is CC(C)(C)C1C[C@@]2(C)C(=CC1=O)N(C(=O)Nc1cccc(C(F)(F)F)c1)C[C@H]1[C@@H]3CCC[C@@]3(C)CC[C@@H]12. The van der Waals surface area contributed by atoms with E-state index >= 15 is 0 Å². The van der Waals surface area contributed by atoms with Gasteiger partial charge in [0.05, 0.1) is 5.56 Å². The van der Waals surface area contributed by atoms with Gasteiger partial charge in [-0.1, -0.05) is 47.1 Å². The molecule has 5 rings (SSSR count). The highest BCUT2D eigenvalue weighted by molar-refractivity contribution is 5.97. The molecule has 3 fully saturated rings. The number of carbonyl (C=O) groups is 2. The highest BCUT2D eigenvalue weighted by Crippen LogP contribution is 2.65. The van der Waals surface area contributed by atoms with Crippen molar-refractivity contribution in [3.05, 3.63) is 41.6 Å². The molecule has 6 atom stereocenters. The van der Waals surface area contributed by atoms with Crippen molar-refractivity contribution in [1.82, 2.24) is 4.90 Å². The number of piperidine rings is 1. The van der Waals surface area contributed by atoms with Gasteiger partial charge in [-0.05, 0) is 78.9 Å². The van der Waals surface area contributed by atoms with E-state index < -0.39 is 17.8 Å². The number of anilines is 1. The Morgan fingerprint density at radius 3 is 2.49 bits per heavy atom. The summed E-state index contributed by atoms with van der Waals surface area (Å²) in [5, 5.41) is 2.73. The molecule has 4 aliphatic rings. The summed E-state index contributed by atoms with van der Waals surface area (Å²) in [5.74, 6) is 1.11. The van der Waals surface area contributed by atoms with E-state index in [-0.39, 0.29) is 33.6 Å². The molecule has 4 nitrogen and oxygen atoms in total. The van der Waals surface area contributed by atoms with Gasteiger partial charge in [-0.3, -0.25) is 9.69 Å². The highest BCUT2D eigenvalue weighted by Gasteiger charge is 2.60. The lowest BCUT2D eigenvalue weighted by Crippen LogP contribution is -2.60. The zero-order valence-electron chi connectivity index (χ0n) is 22.5. The summed E-state index contributed by atoms with van der Waals surface area (Å²) in [6.45, 7) is 11.4. The third kappa shape index (κ3) is 4.40. The predicted octanol–water partition coefficient (Wildman–Crippen LogP) is 7.91. The smallest absolute Gasteiger partial charge is 0.308 e. The monoisotopic (exact) mass is 516 g/mol. The molecule has 2 amide bonds. The van der Waals surface area contributed by atoms with E-state index in [4.69, 9.17) is 0 Å². The quantitative estimate of drug-likeness (QED) is 0.412. The van der Waals surface area contributed by atoms with Crippen molar-refractivity contribution in [3.8, 4) is 0 Å². The molecule has 0 radical (unpaired) electrons. The van der Waals surface area contributed by atoms with Crippen molar-refractivity contribution < 1.29 is 22.8 Å². The number of likely N-dealkylation sites (tertiary alicyclic amines) is 1. The number of nitrogens with one attached hydrogen (secondary N) is 1. The molecule has 0 bridgehead atoms. The van der Waals surface area contributed by atoms with Gasteiger partial charge in [-0.15, -0.1) is 0 Å². The lowest BCUT2D eigenvalue weighted by molar-refractivity contribution is -0.137. The van der Waals surface area contributed by atoms with Crippen LogP contribution in [0.1, 0.15) is 78.7 Å². The normalized spacial score (nSPS) is 35.8. The number of nitrogens with zero attached hydrogens (tertiary/aromatic N) is 1. The largest absolute Gasteiger partial charge is 0.416 e. The fourth-order valence-corrected chi connectivity index (χ4v) is 8.28. The maximum absolute atomic E-state index is 13.7. The third-order valence-corrected chi connectivity index (χ3v) is 10.3. The van der Waals surface area contributed by atoms with Crippen LogP contribution in [0.3, 0.4) is 0 Å². The van der Waals surface area contributed by atoms with Crippen LogP contribution in [0.25, 0.3) is 0 Å².